The molecule has 0 aliphatic carbocycles. The Hall–Kier alpha value is -3.12. The van der Waals surface area contributed by atoms with Crippen molar-refractivity contribution in [2.45, 2.75) is 13.5 Å². The fourth-order valence-corrected chi connectivity index (χ4v) is 3.62. The lowest BCUT2D eigenvalue weighted by Gasteiger charge is -2.04. The molecule has 0 spiro atoms. The summed E-state index contributed by atoms with van der Waals surface area (Å²) in [5.41, 5.74) is 4.88. The summed E-state index contributed by atoms with van der Waals surface area (Å²) in [6.45, 7) is 2.67. The van der Waals surface area contributed by atoms with Crippen LogP contribution < -0.4 is 5.32 Å². The maximum absolute atomic E-state index is 13.0. The summed E-state index contributed by atoms with van der Waals surface area (Å²) in [5.74, 6) is 0.407. The third-order valence-electron chi connectivity index (χ3n) is 4.18. The van der Waals surface area contributed by atoms with E-state index in [0.717, 1.165) is 21.8 Å². The van der Waals surface area contributed by atoms with E-state index in [1.165, 1.54) is 17.7 Å². The molecule has 0 amide bonds. The average molecular weight is 376 g/mol. The Morgan fingerprint density at radius 3 is 2.52 bits per heavy atom. The van der Waals surface area contributed by atoms with Crippen molar-refractivity contribution in [2.24, 2.45) is 0 Å². The first-order valence-corrected chi connectivity index (χ1v) is 9.41. The molecule has 2 heterocycles. The Labute approximate surface area is 160 Å². The van der Waals surface area contributed by atoms with Crippen LogP contribution in [0.15, 0.2) is 66.0 Å². The van der Waals surface area contributed by atoms with Crippen LogP contribution in [0, 0.1) is 12.7 Å². The SMILES string of the molecule is Cc1ccccc1-c1nc(CNc2ccc(-c3ccc(F)cc3)nn2)cs1. The molecule has 134 valence electrons. The molecule has 0 fully saturated rings. The van der Waals surface area contributed by atoms with Gasteiger partial charge in [-0.25, -0.2) is 9.37 Å². The molecular weight excluding hydrogens is 359 g/mol. The first-order chi connectivity index (χ1) is 13.2. The molecule has 0 saturated heterocycles. The van der Waals surface area contributed by atoms with Crippen LogP contribution in [0.3, 0.4) is 0 Å². The number of nitrogens with one attached hydrogen (secondary N) is 1. The van der Waals surface area contributed by atoms with Gasteiger partial charge >= 0.3 is 0 Å². The van der Waals surface area contributed by atoms with Gasteiger partial charge in [0, 0.05) is 16.5 Å². The van der Waals surface area contributed by atoms with E-state index in [-0.39, 0.29) is 5.82 Å². The molecule has 0 aliphatic rings. The zero-order valence-electron chi connectivity index (χ0n) is 14.7. The van der Waals surface area contributed by atoms with Gasteiger partial charge in [0.05, 0.1) is 17.9 Å². The molecule has 6 heteroatoms. The number of benzene rings is 2. The highest BCUT2D eigenvalue weighted by Crippen LogP contribution is 2.26. The Balaban J connectivity index is 1.42. The number of anilines is 1. The summed E-state index contributed by atoms with van der Waals surface area (Å²) < 4.78 is 13.0. The van der Waals surface area contributed by atoms with Gasteiger partial charge in [-0.05, 0) is 48.9 Å². The van der Waals surface area contributed by atoms with Gasteiger partial charge in [-0.15, -0.1) is 21.5 Å². The van der Waals surface area contributed by atoms with Gasteiger partial charge in [-0.2, -0.15) is 0 Å². The van der Waals surface area contributed by atoms with E-state index in [9.17, 15) is 4.39 Å². The second-order valence-corrected chi connectivity index (χ2v) is 6.98. The molecule has 2 aromatic heterocycles. The molecule has 0 atom stereocenters. The zero-order chi connectivity index (χ0) is 18.6. The number of halogens is 1. The van der Waals surface area contributed by atoms with Gasteiger partial charge in [0.25, 0.3) is 0 Å². The Bertz CT molecular complexity index is 1040. The monoisotopic (exact) mass is 376 g/mol. The maximum Gasteiger partial charge on any atom is 0.149 e. The highest BCUT2D eigenvalue weighted by atomic mass is 32.1. The summed E-state index contributed by atoms with van der Waals surface area (Å²) in [6, 6.07) is 18.2. The van der Waals surface area contributed by atoms with Crippen LogP contribution in [0.25, 0.3) is 21.8 Å². The van der Waals surface area contributed by atoms with E-state index < -0.39 is 0 Å². The molecule has 0 radical (unpaired) electrons. The van der Waals surface area contributed by atoms with Crippen molar-refractivity contribution >= 4 is 17.2 Å². The average Bonchev–Trinajstić information content (AvgIpc) is 3.17. The van der Waals surface area contributed by atoms with Crippen LogP contribution in [-0.2, 0) is 6.54 Å². The first-order valence-electron chi connectivity index (χ1n) is 8.53. The molecule has 0 aliphatic heterocycles. The van der Waals surface area contributed by atoms with E-state index in [4.69, 9.17) is 4.98 Å². The second-order valence-electron chi connectivity index (χ2n) is 6.12. The van der Waals surface area contributed by atoms with Crippen LogP contribution in [0.4, 0.5) is 10.2 Å². The van der Waals surface area contributed by atoms with E-state index in [1.807, 2.05) is 24.3 Å². The fraction of sp³-hybridized carbons (Fsp3) is 0.0952. The summed E-state index contributed by atoms with van der Waals surface area (Å²) in [6.07, 6.45) is 0. The molecule has 4 aromatic rings. The maximum atomic E-state index is 13.0. The van der Waals surface area contributed by atoms with Crippen LogP contribution >= 0.6 is 11.3 Å². The van der Waals surface area contributed by atoms with E-state index in [2.05, 4.69) is 40.0 Å². The highest BCUT2D eigenvalue weighted by molar-refractivity contribution is 7.13. The number of aromatic nitrogens is 3. The van der Waals surface area contributed by atoms with Gasteiger partial charge in [-0.1, -0.05) is 24.3 Å². The number of aryl methyl sites for hydroxylation is 1. The molecule has 27 heavy (non-hydrogen) atoms. The lowest BCUT2D eigenvalue weighted by atomic mass is 10.1. The van der Waals surface area contributed by atoms with Crippen LogP contribution in [0.5, 0.6) is 0 Å². The predicted octanol–water partition coefficient (Wildman–Crippen LogP) is 5.33. The van der Waals surface area contributed by atoms with Crippen molar-refractivity contribution in [2.75, 3.05) is 5.32 Å². The van der Waals surface area contributed by atoms with Gasteiger partial charge in [0.2, 0.25) is 0 Å². The van der Waals surface area contributed by atoms with Crippen LogP contribution in [0.2, 0.25) is 0 Å². The number of thiazole rings is 1. The van der Waals surface area contributed by atoms with E-state index in [0.29, 0.717) is 18.1 Å². The van der Waals surface area contributed by atoms with Crippen LogP contribution in [-0.4, -0.2) is 15.2 Å². The molecule has 0 unspecified atom stereocenters. The van der Waals surface area contributed by atoms with Crippen molar-refractivity contribution in [3.8, 4) is 21.8 Å². The third kappa shape index (κ3) is 4.01. The Kier molecular flexibility index (Phi) is 4.89. The number of nitrogens with zero attached hydrogens (tertiary/aromatic N) is 3. The molecule has 2 aromatic carbocycles. The normalized spacial score (nSPS) is 10.7. The third-order valence-corrected chi connectivity index (χ3v) is 5.11. The first kappa shape index (κ1) is 17.3. The fourth-order valence-electron chi connectivity index (χ4n) is 2.71. The van der Waals surface area contributed by atoms with Crippen molar-refractivity contribution < 1.29 is 4.39 Å². The van der Waals surface area contributed by atoms with Gasteiger partial charge in [-0.3, -0.25) is 0 Å². The van der Waals surface area contributed by atoms with Crippen molar-refractivity contribution in [1.29, 1.82) is 0 Å². The molecular formula is C21H17FN4S. The van der Waals surface area contributed by atoms with E-state index >= 15 is 0 Å². The minimum atomic E-state index is -0.265. The van der Waals surface area contributed by atoms with Gasteiger partial charge < -0.3 is 5.32 Å². The predicted molar refractivity (Wildman–Crippen MR) is 107 cm³/mol. The smallest absolute Gasteiger partial charge is 0.149 e. The minimum Gasteiger partial charge on any atom is -0.363 e. The summed E-state index contributed by atoms with van der Waals surface area (Å²) in [5, 5.41) is 14.7. The second kappa shape index (κ2) is 7.63. The van der Waals surface area contributed by atoms with E-state index in [1.54, 1.807) is 23.5 Å². The molecule has 4 rings (SSSR count). The quantitative estimate of drug-likeness (QED) is 0.512. The summed E-state index contributed by atoms with van der Waals surface area (Å²) >= 11 is 1.64. The van der Waals surface area contributed by atoms with Gasteiger partial charge in [0.15, 0.2) is 0 Å². The minimum absolute atomic E-state index is 0.265. The highest BCUT2D eigenvalue weighted by Gasteiger charge is 2.07. The van der Waals surface area contributed by atoms with Gasteiger partial charge in [0.1, 0.15) is 16.6 Å². The molecule has 0 saturated carbocycles. The van der Waals surface area contributed by atoms with Crippen molar-refractivity contribution in [1.82, 2.24) is 15.2 Å². The summed E-state index contributed by atoms with van der Waals surface area (Å²) in [7, 11) is 0. The number of hydrogen-bond donors (Lipinski definition) is 1. The Morgan fingerprint density at radius 1 is 0.963 bits per heavy atom. The Morgan fingerprint density at radius 2 is 1.78 bits per heavy atom. The van der Waals surface area contributed by atoms with Crippen LogP contribution in [0.1, 0.15) is 11.3 Å². The standard InChI is InChI=1S/C21H17FN4S/c1-14-4-2-3-5-18(14)21-24-17(13-27-21)12-23-20-11-10-19(25-26-20)15-6-8-16(22)9-7-15/h2-11,13H,12H2,1H3,(H,23,26). The largest absolute Gasteiger partial charge is 0.363 e. The number of hydrogen-bond acceptors (Lipinski definition) is 5. The molecule has 0 bridgehead atoms. The lowest BCUT2D eigenvalue weighted by Crippen LogP contribution is -2.03. The van der Waals surface area contributed by atoms with Crippen molar-refractivity contribution in [3.63, 3.8) is 0 Å². The summed E-state index contributed by atoms with van der Waals surface area (Å²) in [4.78, 5) is 4.70. The zero-order valence-corrected chi connectivity index (χ0v) is 15.5. The lowest BCUT2D eigenvalue weighted by molar-refractivity contribution is 0.628. The number of rotatable bonds is 5. The van der Waals surface area contributed by atoms with Crippen molar-refractivity contribution in [3.05, 3.63) is 83.1 Å². The molecule has 4 nitrogen and oxygen atoms in total. The topological polar surface area (TPSA) is 50.7 Å². The molecule has 1 N–H and O–H groups in total.